The maximum atomic E-state index is 12.7. The van der Waals surface area contributed by atoms with E-state index < -0.39 is 0 Å². The van der Waals surface area contributed by atoms with Gasteiger partial charge in [-0.1, -0.05) is 0 Å². The van der Waals surface area contributed by atoms with Gasteiger partial charge in [0.25, 0.3) is 11.1 Å². The summed E-state index contributed by atoms with van der Waals surface area (Å²) in [6, 6.07) is 5.79. The number of rotatable bonds is 4. The largest absolute Gasteiger partial charge is 0.492 e. The first-order valence-corrected chi connectivity index (χ1v) is 12.0. The summed E-state index contributed by atoms with van der Waals surface area (Å²) in [6.45, 7) is 5.77. The smallest absolute Gasteiger partial charge is 0.275 e. The van der Waals surface area contributed by atoms with E-state index in [1.54, 1.807) is 15.2 Å². The Balaban J connectivity index is 1.14. The molecule has 0 atom stereocenters. The van der Waals surface area contributed by atoms with Gasteiger partial charge in [0.2, 0.25) is 0 Å². The third-order valence-electron chi connectivity index (χ3n) is 7.27. The van der Waals surface area contributed by atoms with Crippen LogP contribution in [0.4, 0.5) is 0 Å². The summed E-state index contributed by atoms with van der Waals surface area (Å²) in [7, 11) is 0. The second-order valence-electron chi connectivity index (χ2n) is 9.31. The fourth-order valence-electron chi connectivity index (χ4n) is 5.34. The van der Waals surface area contributed by atoms with E-state index >= 15 is 0 Å². The van der Waals surface area contributed by atoms with Gasteiger partial charge < -0.3 is 15.0 Å². The van der Waals surface area contributed by atoms with E-state index in [0.29, 0.717) is 23.8 Å². The van der Waals surface area contributed by atoms with Gasteiger partial charge in [0.15, 0.2) is 0 Å². The van der Waals surface area contributed by atoms with Crippen LogP contribution in [0.3, 0.4) is 0 Å². The molecule has 0 spiro atoms. The number of aromatic nitrogens is 4. The molecule has 0 saturated carbocycles. The number of ether oxygens (including phenoxy) is 1. The van der Waals surface area contributed by atoms with Gasteiger partial charge in [-0.25, -0.2) is 4.98 Å². The summed E-state index contributed by atoms with van der Waals surface area (Å²) in [5, 5.41) is 3.67. The van der Waals surface area contributed by atoms with Gasteiger partial charge in [0, 0.05) is 37.4 Å². The van der Waals surface area contributed by atoms with E-state index in [9.17, 15) is 9.59 Å². The Morgan fingerprint density at radius 1 is 1.15 bits per heavy atom. The Hall–Kier alpha value is -3.46. The number of hydrogen-bond donors (Lipinski definition) is 1. The van der Waals surface area contributed by atoms with E-state index in [-0.39, 0.29) is 11.1 Å². The number of pyridine rings is 2. The van der Waals surface area contributed by atoms with Gasteiger partial charge in [-0.05, 0) is 50.3 Å². The van der Waals surface area contributed by atoms with E-state index in [1.165, 1.54) is 17.8 Å². The van der Waals surface area contributed by atoms with Crippen LogP contribution in [0.2, 0.25) is 0 Å². The van der Waals surface area contributed by atoms with Gasteiger partial charge in [-0.3, -0.25) is 23.7 Å². The van der Waals surface area contributed by atoms with Crippen molar-refractivity contribution in [1.29, 1.82) is 0 Å². The van der Waals surface area contributed by atoms with Gasteiger partial charge in [-0.15, -0.1) is 0 Å². The maximum absolute atomic E-state index is 12.7. The minimum atomic E-state index is -0.196. The van der Waals surface area contributed by atoms with Crippen LogP contribution in [0.15, 0.2) is 45.9 Å². The number of nitrogens with zero attached hydrogens (tertiary/aromatic N) is 5. The number of nitrogens with one attached hydrogen (secondary N) is 1. The molecule has 1 saturated heterocycles. The van der Waals surface area contributed by atoms with Crippen LogP contribution in [0, 0.1) is 0 Å². The Labute approximate surface area is 196 Å². The molecule has 34 heavy (non-hydrogen) atoms. The average molecular weight is 461 g/mol. The molecule has 9 nitrogen and oxygen atoms in total. The normalized spacial score (nSPS) is 19.3. The topological polar surface area (TPSA) is 94.3 Å². The fourth-order valence-corrected chi connectivity index (χ4v) is 5.34. The van der Waals surface area contributed by atoms with Gasteiger partial charge >= 0.3 is 0 Å². The predicted octanol–water partition coefficient (Wildman–Crippen LogP) is 1.73. The lowest BCUT2D eigenvalue weighted by atomic mass is 10.0. The first kappa shape index (κ1) is 21.1. The minimum absolute atomic E-state index is 0.110. The third kappa shape index (κ3) is 3.60. The molecular weight excluding hydrogens is 432 g/mol. The summed E-state index contributed by atoms with van der Waals surface area (Å²) in [4.78, 5) is 36.2. The van der Waals surface area contributed by atoms with E-state index in [0.717, 1.165) is 74.8 Å². The van der Waals surface area contributed by atoms with Crippen molar-refractivity contribution in [3.63, 3.8) is 0 Å². The molecule has 1 fully saturated rings. The standard InChI is InChI=1S/C25H28N6O3/c1-16(21-15-30-23(32)5-4-20-25(30)31(21)24(33)14-28-20)29-8-6-18(7-9-29)26-12-19-11-17-3-2-10-34-22(17)13-27-19/h4-5,11,13-14,18,26H,2-3,6-10,12,15H2,1H3/b21-16+. The van der Waals surface area contributed by atoms with Crippen molar-refractivity contribution in [3.8, 4) is 5.75 Å². The molecule has 3 aromatic heterocycles. The van der Waals surface area contributed by atoms with Crippen LogP contribution in [-0.4, -0.2) is 49.7 Å². The summed E-state index contributed by atoms with van der Waals surface area (Å²) >= 11 is 0. The lowest BCUT2D eigenvalue weighted by Gasteiger charge is -2.35. The highest BCUT2D eigenvalue weighted by atomic mass is 16.5. The van der Waals surface area contributed by atoms with Gasteiger partial charge in [-0.2, -0.15) is 0 Å². The molecule has 0 aromatic carbocycles. The molecule has 6 heterocycles. The molecule has 0 amide bonds. The lowest BCUT2D eigenvalue weighted by Crippen LogP contribution is -2.42. The molecule has 0 aliphatic carbocycles. The summed E-state index contributed by atoms with van der Waals surface area (Å²) in [5.74, 6) is 0.925. The average Bonchev–Trinajstić information content (AvgIpc) is 3.29. The number of likely N-dealkylation sites (tertiary alicyclic amines) is 1. The van der Waals surface area contributed by atoms with Crippen molar-refractivity contribution in [1.82, 2.24) is 29.3 Å². The van der Waals surface area contributed by atoms with Crippen LogP contribution >= 0.6 is 0 Å². The predicted molar refractivity (Wildman–Crippen MR) is 129 cm³/mol. The Bertz CT molecular complexity index is 1410. The summed E-state index contributed by atoms with van der Waals surface area (Å²) in [5.41, 5.74) is 5.17. The van der Waals surface area contributed by atoms with Crippen LogP contribution in [-0.2, 0) is 19.5 Å². The molecule has 0 bridgehead atoms. The molecule has 1 N–H and O–H groups in total. The lowest BCUT2D eigenvalue weighted by molar-refractivity contribution is 0.240. The molecule has 6 rings (SSSR count). The van der Waals surface area contributed by atoms with Crippen LogP contribution < -0.4 is 21.2 Å². The Morgan fingerprint density at radius 2 is 2.00 bits per heavy atom. The van der Waals surface area contributed by atoms with Crippen molar-refractivity contribution >= 4 is 16.9 Å². The minimum Gasteiger partial charge on any atom is -0.492 e. The van der Waals surface area contributed by atoms with E-state index in [4.69, 9.17) is 4.74 Å². The summed E-state index contributed by atoms with van der Waals surface area (Å²) in [6.07, 6.45) is 7.33. The number of hydrogen-bond acceptors (Lipinski definition) is 7. The first-order chi connectivity index (χ1) is 16.6. The maximum Gasteiger partial charge on any atom is 0.275 e. The first-order valence-electron chi connectivity index (χ1n) is 12.0. The molecule has 0 radical (unpaired) electrons. The monoisotopic (exact) mass is 460 g/mol. The molecule has 0 unspecified atom stereocenters. The highest BCUT2D eigenvalue weighted by molar-refractivity contribution is 5.78. The number of piperidine rings is 1. The SMILES string of the molecule is C/C(=C1/Cn2c(=O)ccc3ncc(=O)n1c32)N1CCC(NCc2cc3c(cn2)OCCC3)CC1. The van der Waals surface area contributed by atoms with Gasteiger partial charge in [0.1, 0.15) is 16.9 Å². The van der Waals surface area contributed by atoms with Crippen molar-refractivity contribution in [2.45, 2.75) is 51.7 Å². The quantitative estimate of drug-likeness (QED) is 0.634. The Kier molecular flexibility index (Phi) is 5.21. The Morgan fingerprint density at radius 3 is 2.85 bits per heavy atom. The van der Waals surface area contributed by atoms with Gasteiger partial charge in [0.05, 0.1) is 36.9 Å². The van der Waals surface area contributed by atoms with E-state index in [2.05, 4.69) is 33.2 Å². The van der Waals surface area contributed by atoms with E-state index in [1.807, 2.05) is 6.20 Å². The highest BCUT2D eigenvalue weighted by Gasteiger charge is 2.27. The molecule has 3 aliphatic rings. The van der Waals surface area contributed by atoms with Crippen molar-refractivity contribution in [2.24, 2.45) is 0 Å². The van der Waals surface area contributed by atoms with Crippen LogP contribution in [0.1, 0.15) is 37.4 Å². The van der Waals surface area contributed by atoms with Crippen LogP contribution in [0.5, 0.6) is 5.75 Å². The molecular formula is C25H28N6O3. The molecule has 3 aliphatic heterocycles. The summed E-state index contributed by atoms with van der Waals surface area (Å²) < 4.78 is 8.97. The van der Waals surface area contributed by atoms with Crippen molar-refractivity contribution in [2.75, 3.05) is 19.7 Å². The second-order valence-corrected chi connectivity index (χ2v) is 9.31. The zero-order valence-electron chi connectivity index (χ0n) is 19.3. The molecule has 3 aromatic rings. The highest BCUT2D eigenvalue weighted by Crippen LogP contribution is 2.27. The third-order valence-corrected chi connectivity index (χ3v) is 7.27. The second kappa shape index (κ2) is 8.39. The number of allylic oxidation sites excluding steroid dienone is 2. The van der Waals surface area contributed by atoms with Crippen molar-refractivity contribution in [3.05, 3.63) is 68.3 Å². The number of aryl methyl sites for hydroxylation is 1. The van der Waals surface area contributed by atoms with Crippen LogP contribution in [0.25, 0.3) is 16.9 Å². The molecule has 176 valence electrons. The van der Waals surface area contributed by atoms with Crippen molar-refractivity contribution < 1.29 is 4.74 Å². The number of fused-ring (bicyclic) bond motifs is 1. The zero-order chi connectivity index (χ0) is 23.2. The fraction of sp³-hybridized carbons (Fsp3) is 0.440. The zero-order valence-corrected chi connectivity index (χ0v) is 19.3. The molecule has 9 heteroatoms.